The maximum Gasteiger partial charge on any atom is 0.322 e. The summed E-state index contributed by atoms with van der Waals surface area (Å²) >= 11 is 0. The number of carbonyl (C=O) groups is 1. The number of benzene rings is 3. The standard InChI is InChI=1S/C23H21NO5S/c1-14(2)22(23(25)26)24-30(27,28)17-9-10-18-19-12-16(15-6-4-3-5-7-15)8-11-20(19)29-21(18)13-17/h3-14,22,24H,1-2H3,(H,25,26)/t22-/m0/s1. The summed E-state index contributed by atoms with van der Waals surface area (Å²) in [6.07, 6.45) is 0. The van der Waals surface area contributed by atoms with Gasteiger partial charge in [0.05, 0.1) is 4.90 Å². The molecule has 0 radical (unpaired) electrons. The second-order valence-electron chi connectivity index (χ2n) is 7.52. The Balaban J connectivity index is 1.76. The van der Waals surface area contributed by atoms with Gasteiger partial charge in [0.15, 0.2) is 0 Å². The molecule has 3 aromatic carbocycles. The van der Waals surface area contributed by atoms with Gasteiger partial charge < -0.3 is 9.52 Å². The van der Waals surface area contributed by atoms with Gasteiger partial charge in [0, 0.05) is 16.8 Å². The molecular weight excluding hydrogens is 402 g/mol. The number of fused-ring (bicyclic) bond motifs is 3. The number of sulfonamides is 1. The number of furan rings is 1. The van der Waals surface area contributed by atoms with Crippen LogP contribution in [0, 0.1) is 5.92 Å². The predicted molar refractivity (Wildman–Crippen MR) is 116 cm³/mol. The molecule has 1 heterocycles. The van der Waals surface area contributed by atoms with E-state index in [0.717, 1.165) is 21.9 Å². The first-order valence-electron chi connectivity index (χ1n) is 9.53. The minimum atomic E-state index is -4.02. The van der Waals surface area contributed by atoms with Crippen molar-refractivity contribution in [1.29, 1.82) is 0 Å². The Morgan fingerprint density at radius 2 is 1.63 bits per heavy atom. The molecule has 0 unspecified atom stereocenters. The molecule has 4 aromatic rings. The van der Waals surface area contributed by atoms with Gasteiger partial charge in [-0.05, 0) is 41.3 Å². The average Bonchev–Trinajstić information content (AvgIpc) is 3.09. The Morgan fingerprint density at radius 3 is 2.30 bits per heavy atom. The van der Waals surface area contributed by atoms with Crippen LogP contribution in [0.15, 0.2) is 76.0 Å². The summed E-state index contributed by atoms with van der Waals surface area (Å²) in [7, 11) is -4.02. The smallest absolute Gasteiger partial charge is 0.322 e. The number of hydrogen-bond donors (Lipinski definition) is 2. The average molecular weight is 423 g/mol. The highest BCUT2D eigenvalue weighted by atomic mass is 32.2. The Hall–Kier alpha value is -3.16. The molecule has 4 rings (SSSR count). The van der Waals surface area contributed by atoms with Crippen LogP contribution in [0.4, 0.5) is 0 Å². The van der Waals surface area contributed by atoms with Crippen LogP contribution in [0.3, 0.4) is 0 Å². The molecule has 0 bridgehead atoms. The zero-order valence-corrected chi connectivity index (χ0v) is 17.3. The maximum atomic E-state index is 12.7. The largest absolute Gasteiger partial charge is 0.480 e. The van der Waals surface area contributed by atoms with Crippen LogP contribution in [-0.4, -0.2) is 25.5 Å². The maximum absolute atomic E-state index is 12.7. The first kappa shape index (κ1) is 20.1. The molecule has 0 aliphatic heterocycles. The van der Waals surface area contributed by atoms with Crippen LogP contribution >= 0.6 is 0 Å². The van der Waals surface area contributed by atoms with Gasteiger partial charge in [0.2, 0.25) is 10.0 Å². The molecule has 0 saturated carbocycles. The van der Waals surface area contributed by atoms with Gasteiger partial charge in [-0.3, -0.25) is 4.79 Å². The van der Waals surface area contributed by atoms with E-state index in [1.54, 1.807) is 19.9 Å². The lowest BCUT2D eigenvalue weighted by Gasteiger charge is -2.17. The lowest BCUT2D eigenvalue weighted by molar-refractivity contribution is -0.140. The van der Waals surface area contributed by atoms with Crippen LogP contribution in [0.25, 0.3) is 33.1 Å². The molecule has 0 fully saturated rings. The third-order valence-electron chi connectivity index (χ3n) is 5.07. The summed E-state index contributed by atoms with van der Waals surface area (Å²) in [4.78, 5) is 11.3. The highest BCUT2D eigenvalue weighted by Crippen LogP contribution is 2.33. The summed E-state index contributed by atoms with van der Waals surface area (Å²) in [5.41, 5.74) is 3.18. The van der Waals surface area contributed by atoms with Crippen LogP contribution < -0.4 is 4.72 Å². The fourth-order valence-corrected chi connectivity index (χ4v) is 4.79. The molecule has 1 aromatic heterocycles. The molecule has 0 saturated heterocycles. The van der Waals surface area contributed by atoms with Crippen LogP contribution in [-0.2, 0) is 14.8 Å². The highest BCUT2D eigenvalue weighted by molar-refractivity contribution is 7.89. The van der Waals surface area contributed by atoms with E-state index in [1.807, 2.05) is 48.5 Å². The summed E-state index contributed by atoms with van der Waals surface area (Å²) in [5, 5.41) is 11.0. The summed E-state index contributed by atoms with van der Waals surface area (Å²) < 4.78 is 33.6. The van der Waals surface area contributed by atoms with Crippen molar-refractivity contribution in [2.75, 3.05) is 0 Å². The lowest BCUT2D eigenvalue weighted by Crippen LogP contribution is -2.44. The van der Waals surface area contributed by atoms with E-state index >= 15 is 0 Å². The monoisotopic (exact) mass is 423 g/mol. The van der Waals surface area contributed by atoms with Crippen molar-refractivity contribution in [3.8, 4) is 11.1 Å². The highest BCUT2D eigenvalue weighted by Gasteiger charge is 2.28. The minimum Gasteiger partial charge on any atom is -0.480 e. The predicted octanol–water partition coefficient (Wildman–Crippen LogP) is 4.64. The zero-order chi connectivity index (χ0) is 21.5. The normalized spacial score (nSPS) is 13.2. The fraction of sp³-hybridized carbons (Fsp3) is 0.174. The number of carboxylic acid groups (broad SMARTS) is 1. The number of aliphatic carboxylic acids is 1. The molecule has 0 aliphatic rings. The third-order valence-corrected chi connectivity index (χ3v) is 6.51. The number of rotatable bonds is 6. The van der Waals surface area contributed by atoms with Crippen molar-refractivity contribution < 1.29 is 22.7 Å². The van der Waals surface area contributed by atoms with E-state index in [9.17, 15) is 18.3 Å². The molecule has 0 amide bonds. The molecule has 7 heteroatoms. The lowest BCUT2D eigenvalue weighted by atomic mass is 10.0. The molecule has 6 nitrogen and oxygen atoms in total. The van der Waals surface area contributed by atoms with Gasteiger partial charge in [0.25, 0.3) is 0 Å². The zero-order valence-electron chi connectivity index (χ0n) is 16.5. The summed E-state index contributed by atoms with van der Waals surface area (Å²) in [6, 6.07) is 19.2. The molecule has 0 spiro atoms. The topological polar surface area (TPSA) is 96.6 Å². The molecule has 2 N–H and O–H groups in total. The van der Waals surface area contributed by atoms with Gasteiger partial charge in [0.1, 0.15) is 17.2 Å². The summed E-state index contributed by atoms with van der Waals surface area (Å²) in [5.74, 6) is -1.62. The SMILES string of the molecule is CC(C)[C@H](NS(=O)(=O)c1ccc2c(c1)oc1ccc(-c3ccccc3)cc12)C(=O)O. The van der Waals surface area contributed by atoms with Crippen molar-refractivity contribution >= 4 is 37.9 Å². The number of hydrogen-bond acceptors (Lipinski definition) is 4. The molecule has 30 heavy (non-hydrogen) atoms. The Bertz CT molecular complexity index is 1340. The van der Waals surface area contributed by atoms with Gasteiger partial charge in [-0.15, -0.1) is 0 Å². The van der Waals surface area contributed by atoms with Gasteiger partial charge in [-0.25, -0.2) is 8.42 Å². The van der Waals surface area contributed by atoms with Crippen LogP contribution in [0.2, 0.25) is 0 Å². The van der Waals surface area contributed by atoms with E-state index in [2.05, 4.69) is 4.72 Å². The third kappa shape index (κ3) is 3.69. The van der Waals surface area contributed by atoms with E-state index in [-0.39, 0.29) is 4.90 Å². The van der Waals surface area contributed by atoms with E-state index in [0.29, 0.717) is 11.2 Å². The van der Waals surface area contributed by atoms with Crippen LogP contribution in [0.1, 0.15) is 13.8 Å². The second-order valence-corrected chi connectivity index (χ2v) is 9.23. The van der Waals surface area contributed by atoms with Gasteiger partial charge >= 0.3 is 5.97 Å². The van der Waals surface area contributed by atoms with Crippen molar-refractivity contribution in [3.63, 3.8) is 0 Å². The Labute approximate surface area is 174 Å². The van der Waals surface area contributed by atoms with E-state index < -0.39 is 28.0 Å². The van der Waals surface area contributed by atoms with E-state index in [1.165, 1.54) is 12.1 Å². The van der Waals surface area contributed by atoms with Crippen molar-refractivity contribution in [1.82, 2.24) is 4.72 Å². The minimum absolute atomic E-state index is 0.0377. The summed E-state index contributed by atoms with van der Waals surface area (Å²) in [6.45, 7) is 3.29. The molecule has 154 valence electrons. The Kier molecular flexibility index (Phi) is 5.09. The van der Waals surface area contributed by atoms with Crippen LogP contribution in [0.5, 0.6) is 0 Å². The van der Waals surface area contributed by atoms with Crippen molar-refractivity contribution in [2.45, 2.75) is 24.8 Å². The second kappa shape index (κ2) is 7.59. The quantitative estimate of drug-likeness (QED) is 0.471. The molecular formula is C23H21NO5S. The molecule has 0 aliphatic carbocycles. The van der Waals surface area contributed by atoms with Crippen molar-refractivity contribution in [3.05, 3.63) is 66.7 Å². The first-order valence-corrected chi connectivity index (χ1v) is 11.0. The number of carboxylic acids is 1. The van der Waals surface area contributed by atoms with Gasteiger partial charge in [-0.1, -0.05) is 50.2 Å². The molecule has 1 atom stereocenters. The number of nitrogens with one attached hydrogen (secondary N) is 1. The Morgan fingerprint density at radius 1 is 0.900 bits per heavy atom. The van der Waals surface area contributed by atoms with E-state index in [4.69, 9.17) is 4.42 Å². The fourth-order valence-electron chi connectivity index (χ4n) is 3.44. The van der Waals surface area contributed by atoms with Gasteiger partial charge in [-0.2, -0.15) is 4.72 Å². The first-order chi connectivity index (χ1) is 14.3. The van der Waals surface area contributed by atoms with Crippen molar-refractivity contribution in [2.24, 2.45) is 5.92 Å².